The molecule has 0 bridgehead atoms. The van der Waals surface area contributed by atoms with Gasteiger partial charge in [-0.15, -0.1) is 0 Å². The topological polar surface area (TPSA) is 52.6 Å². The first-order valence-electron chi connectivity index (χ1n) is 24.1. The predicted molar refractivity (Wildman–Crippen MR) is 232 cm³/mol. The quantitative estimate of drug-likeness (QED) is 0.0354. The summed E-state index contributed by atoms with van der Waals surface area (Å²) < 4.78 is 11.3. The van der Waals surface area contributed by atoms with Crippen LogP contribution in [0.5, 0.6) is 0 Å². The second-order valence-corrected chi connectivity index (χ2v) is 16.4. The lowest BCUT2D eigenvalue weighted by Crippen LogP contribution is -2.23. The number of rotatable bonds is 44. The molecule has 0 spiro atoms. The molecule has 0 aliphatic heterocycles. The molecule has 53 heavy (non-hydrogen) atoms. The Bertz CT molecular complexity index is 762. The van der Waals surface area contributed by atoms with Gasteiger partial charge >= 0.3 is 11.9 Å². The lowest BCUT2D eigenvalue weighted by Gasteiger charge is -2.16. The minimum absolute atomic E-state index is 0.171. The Hall–Kier alpha value is -1.32. The number of ether oxygens (including phenoxy) is 2. The molecule has 0 saturated carbocycles. The van der Waals surface area contributed by atoms with Crippen LogP contribution in [0, 0.1) is 5.92 Å². The summed E-state index contributed by atoms with van der Waals surface area (Å²) in [6.07, 6.45) is 53.0. The van der Waals surface area contributed by atoms with Crippen molar-refractivity contribution in [2.45, 2.75) is 271 Å². The smallest absolute Gasteiger partial charge is 0.309 e. The maximum Gasteiger partial charge on any atom is 0.309 e. The molecule has 4 heteroatoms. The average Bonchev–Trinajstić information content (AvgIpc) is 3.16. The van der Waals surface area contributed by atoms with Crippen molar-refractivity contribution in [3.63, 3.8) is 0 Å². The van der Waals surface area contributed by atoms with Gasteiger partial charge in [-0.1, -0.05) is 232 Å². The molecule has 1 atom stereocenters. The molecule has 314 valence electrons. The molecule has 0 aliphatic carbocycles. The Labute approximate surface area is 332 Å². The van der Waals surface area contributed by atoms with Crippen LogP contribution in [-0.2, 0) is 19.1 Å². The summed E-state index contributed by atoms with van der Waals surface area (Å²) in [4.78, 5) is 25.8. The molecule has 0 aromatic heterocycles. The van der Waals surface area contributed by atoms with Gasteiger partial charge in [-0.3, -0.25) is 9.59 Å². The number of allylic oxidation sites excluding steroid dienone is 2. The maximum atomic E-state index is 13.1. The lowest BCUT2D eigenvalue weighted by molar-refractivity contribution is -0.155. The summed E-state index contributed by atoms with van der Waals surface area (Å²) >= 11 is 0. The Kier molecular flexibility index (Phi) is 43.9. The second-order valence-electron chi connectivity index (χ2n) is 16.4. The largest absolute Gasteiger partial charge is 0.466 e. The highest BCUT2D eigenvalue weighted by Gasteiger charge is 2.24. The van der Waals surface area contributed by atoms with Crippen molar-refractivity contribution in [1.82, 2.24) is 0 Å². The molecular weight excluding hydrogens is 653 g/mol. The van der Waals surface area contributed by atoms with Gasteiger partial charge in [0.25, 0.3) is 0 Å². The van der Waals surface area contributed by atoms with Crippen LogP contribution >= 0.6 is 0 Å². The number of hydrogen-bond acceptors (Lipinski definition) is 4. The third kappa shape index (κ3) is 41.7. The summed E-state index contributed by atoms with van der Waals surface area (Å²) in [5, 5.41) is 0. The summed E-state index contributed by atoms with van der Waals surface area (Å²) in [5.41, 5.74) is 0. The zero-order valence-corrected chi connectivity index (χ0v) is 36.4. The summed E-state index contributed by atoms with van der Waals surface area (Å²) in [5.74, 6) is -0.772. The van der Waals surface area contributed by atoms with Crippen molar-refractivity contribution in [2.24, 2.45) is 5.92 Å². The van der Waals surface area contributed by atoms with Crippen molar-refractivity contribution in [2.75, 3.05) is 13.2 Å². The molecule has 0 aromatic rings. The average molecular weight is 747 g/mol. The molecule has 0 amide bonds. The zero-order valence-electron chi connectivity index (χ0n) is 36.4. The van der Waals surface area contributed by atoms with E-state index in [0.29, 0.717) is 13.2 Å². The second kappa shape index (κ2) is 45.1. The van der Waals surface area contributed by atoms with Crippen molar-refractivity contribution < 1.29 is 19.1 Å². The van der Waals surface area contributed by atoms with Gasteiger partial charge in [0.2, 0.25) is 0 Å². The molecule has 0 aliphatic rings. The van der Waals surface area contributed by atoms with E-state index < -0.39 is 0 Å². The number of hydrogen-bond donors (Lipinski definition) is 0. The third-order valence-corrected chi connectivity index (χ3v) is 11.1. The van der Waals surface area contributed by atoms with E-state index in [1.165, 1.54) is 199 Å². The van der Waals surface area contributed by atoms with Crippen LogP contribution in [0.15, 0.2) is 12.2 Å². The SMILES string of the molecule is CCCCCC/C=C/CCCCCCCCCCCCCC(CC(=O)OCCCCCCCCCCCC)C(=O)OCCCCCCCCCCCC. The molecular formula is C49H94O4. The molecule has 1 unspecified atom stereocenters. The van der Waals surface area contributed by atoms with Crippen LogP contribution in [-0.4, -0.2) is 25.2 Å². The standard InChI is InChI=1S/C49H94O4/c1-4-7-10-13-16-19-22-23-24-25-26-27-28-29-30-31-34-37-40-43-47(49(51)53-45-42-39-36-33-21-18-15-12-9-6-3)46-48(50)52-44-41-38-35-32-20-17-14-11-8-5-2/h19,22,47H,4-18,20-21,23-46H2,1-3H3/b22-19+. The zero-order chi connectivity index (χ0) is 38.6. The highest BCUT2D eigenvalue weighted by atomic mass is 16.5. The van der Waals surface area contributed by atoms with Gasteiger partial charge in [-0.2, -0.15) is 0 Å². The Morgan fingerprint density at radius 2 is 0.679 bits per heavy atom. The summed E-state index contributed by atoms with van der Waals surface area (Å²) in [6.45, 7) is 7.77. The predicted octanol–water partition coefficient (Wildman–Crippen LogP) is 16.5. The maximum absolute atomic E-state index is 13.1. The number of carbonyl (C=O) groups is 2. The first-order valence-corrected chi connectivity index (χ1v) is 24.1. The van der Waals surface area contributed by atoms with Crippen LogP contribution in [0.3, 0.4) is 0 Å². The molecule has 0 radical (unpaired) electrons. The fraction of sp³-hybridized carbons (Fsp3) is 0.918. The van der Waals surface area contributed by atoms with Crippen LogP contribution in [0.2, 0.25) is 0 Å². The van der Waals surface area contributed by atoms with Crippen molar-refractivity contribution >= 4 is 11.9 Å². The van der Waals surface area contributed by atoms with E-state index in [1.807, 2.05) is 0 Å². The minimum atomic E-state index is -0.361. The molecule has 0 N–H and O–H groups in total. The van der Waals surface area contributed by atoms with Gasteiger partial charge in [0, 0.05) is 0 Å². The molecule has 0 aromatic carbocycles. The Morgan fingerprint density at radius 1 is 0.377 bits per heavy atom. The van der Waals surface area contributed by atoms with Gasteiger partial charge in [0.05, 0.1) is 25.6 Å². The number of unbranched alkanes of at least 4 members (excludes halogenated alkanes) is 33. The van der Waals surface area contributed by atoms with Crippen LogP contribution in [0.4, 0.5) is 0 Å². The highest BCUT2D eigenvalue weighted by molar-refractivity contribution is 5.79. The highest BCUT2D eigenvalue weighted by Crippen LogP contribution is 2.20. The van der Waals surface area contributed by atoms with Gasteiger partial charge in [0.15, 0.2) is 0 Å². The number of esters is 2. The Morgan fingerprint density at radius 3 is 1.08 bits per heavy atom. The normalized spacial score (nSPS) is 12.1. The molecule has 0 heterocycles. The molecule has 0 saturated heterocycles. The van der Waals surface area contributed by atoms with Gasteiger partial charge < -0.3 is 9.47 Å². The third-order valence-electron chi connectivity index (χ3n) is 11.1. The van der Waals surface area contributed by atoms with Gasteiger partial charge in [-0.25, -0.2) is 0 Å². The van der Waals surface area contributed by atoms with E-state index in [2.05, 4.69) is 32.9 Å². The van der Waals surface area contributed by atoms with Crippen molar-refractivity contribution in [3.8, 4) is 0 Å². The minimum Gasteiger partial charge on any atom is -0.466 e. The van der Waals surface area contributed by atoms with Crippen LogP contribution in [0.1, 0.15) is 271 Å². The van der Waals surface area contributed by atoms with E-state index in [1.54, 1.807) is 0 Å². The van der Waals surface area contributed by atoms with E-state index in [-0.39, 0.29) is 24.3 Å². The first-order chi connectivity index (χ1) is 26.2. The summed E-state index contributed by atoms with van der Waals surface area (Å²) in [6, 6.07) is 0. The molecule has 0 fully saturated rings. The van der Waals surface area contributed by atoms with E-state index in [9.17, 15) is 9.59 Å². The first kappa shape index (κ1) is 51.7. The monoisotopic (exact) mass is 747 g/mol. The lowest BCUT2D eigenvalue weighted by atomic mass is 9.97. The molecule has 0 rings (SSSR count). The number of carbonyl (C=O) groups excluding carboxylic acids is 2. The van der Waals surface area contributed by atoms with Gasteiger partial charge in [-0.05, 0) is 44.9 Å². The van der Waals surface area contributed by atoms with E-state index in [0.717, 1.165) is 44.9 Å². The van der Waals surface area contributed by atoms with E-state index in [4.69, 9.17) is 9.47 Å². The fourth-order valence-corrected chi connectivity index (χ4v) is 7.39. The van der Waals surface area contributed by atoms with Crippen molar-refractivity contribution in [1.29, 1.82) is 0 Å². The summed E-state index contributed by atoms with van der Waals surface area (Å²) in [7, 11) is 0. The van der Waals surface area contributed by atoms with E-state index >= 15 is 0 Å². The van der Waals surface area contributed by atoms with Crippen LogP contribution < -0.4 is 0 Å². The Balaban J connectivity index is 4.17. The molecule has 4 nitrogen and oxygen atoms in total. The van der Waals surface area contributed by atoms with Gasteiger partial charge in [0.1, 0.15) is 0 Å². The van der Waals surface area contributed by atoms with Crippen molar-refractivity contribution in [3.05, 3.63) is 12.2 Å². The van der Waals surface area contributed by atoms with Crippen LogP contribution in [0.25, 0.3) is 0 Å². The fourth-order valence-electron chi connectivity index (χ4n) is 7.39.